The first-order valence-corrected chi connectivity index (χ1v) is 4.36. The van der Waals surface area contributed by atoms with Crippen molar-refractivity contribution in [1.82, 2.24) is 0 Å². The number of aromatic hydroxyl groups is 1. The quantitative estimate of drug-likeness (QED) is 0.694. The Morgan fingerprint density at radius 2 is 1.43 bits per heavy atom. The number of nitrogens with zero attached hydrogens (tertiary/aromatic N) is 1. The topological polar surface area (TPSA) is 53.2 Å². The molecule has 0 aromatic heterocycles. The third-order valence-corrected chi connectivity index (χ3v) is 2.66. The minimum atomic E-state index is 0.283. The summed E-state index contributed by atoms with van der Waals surface area (Å²) in [4.78, 5) is 0. The largest absolute Gasteiger partial charge is 0.507 e. The molecule has 0 amide bonds. The predicted molar refractivity (Wildman–Crippen MR) is 53.3 cm³/mol. The fourth-order valence-electron chi connectivity index (χ4n) is 1.46. The third-order valence-electron chi connectivity index (χ3n) is 2.66. The van der Waals surface area contributed by atoms with Crippen LogP contribution in [0.1, 0.15) is 22.3 Å². The lowest BCUT2D eigenvalue weighted by molar-refractivity contribution is 0.457. The van der Waals surface area contributed by atoms with E-state index in [9.17, 15) is 5.11 Å². The minimum absolute atomic E-state index is 0.283. The zero-order valence-corrected chi connectivity index (χ0v) is 8.80. The van der Waals surface area contributed by atoms with E-state index in [-0.39, 0.29) is 5.75 Å². The zero-order chi connectivity index (χ0) is 10.9. The first-order valence-electron chi connectivity index (χ1n) is 4.36. The highest BCUT2D eigenvalue weighted by atomic mass is 16.5. The van der Waals surface area contributed by atoms with Gasteiger partial charge in [0.1, 0.15) is 11.5 Å². The summed E-state index contributed by atoms with van der Waals surface area (Å²) in [6.45, 7) is 7.27. The predicted octanol–water partition coefficient (Wildman–Crippen LogP) is 2.49. The maximum Gasteiger partial charge on any atom is 0.292 e. The lowest BCUT2D eigenvalue weighted by atomic mass is 9.98. The van der Waals surface area contributed by atoms with Crippen molar-refractivity contribution >= 4 is 0 Å². The molecule has 14 heavy (non-hydrogen) atoms. The molecule has 0 fully saturated rings. The Bertz CT molecular complexity index is 387. The highest BCUT2D eigenvalue weighted by molar-refractivity contribution is 5.56. The SMILES string of the molecule is Cc1c(C)c(OC#N)c(C)c(C)c1O. The van der Waals surface area contributed by atoms with Gasteiger partial charge in [-0.15, -0.1) is 5.26 Å². The number of hydrogen-bond acceptors (Lipinski definition) is 3. The molecule has 1 aromatic rings. The summed E-state index contributed by atoms with van der Waals surface area (Å²) in [7, 11) is 0. The molecule has 0 heterocycles. The molecule has 74 valence electrons. The Hall–Kier alpha value is -1.69. The van der Waals surface area contributed by atoms with Crippen molar-refractivity contribution in [2.45, 2.75) is 27.7 Å². The van der Waals surface area contributed by atoms with Crippen molar-refractivity contribution in [2.24, 2.45) is 0 Å². The van der Waals surface area contributed by atoms with Gasteiger partial charge in [-0.25, -0.2) is 0 Å². The van der Waals surface area contributed by atoms with Crippen LogP contribution in [0.25, 0.3) is 0 Å². The van der Waals surface area contributed by atoms with Crippen molar-refractivity contribution in [3.63, 3.8) is 0 Å². The molecule has 3 heteroatoms. The number of benzene rings is 1. The molecule has 0 atom stereocenters. The van der Waals surface area contributed by atoms with Crippen LogP contribution in [-0.4, -0.2) is 5.11 Å². The van der Waals surface area contributed by atoms with Crippen LogP contribution in [-0.2, 0) is 0 Å². The molecule has 0 aliphatic carbocycles. The standard InChI is InChI=1S/C11H13NO2/c1-6-8(3)11(14-5-12)9(4)7(2)10(6)13/h13H,1-4H3. The Labute approximate surface area is 83.6 Å². The van der Waals surface area contributed by atoms with Gasteiger partial charge in [0, 0.05) is 0 Å². The summed E-state index contributed by atoms with van der Waals surface area (Å²) in [5.74, 6) is 0.839. The highest BCUT2D eigenvalue weighted by Gasteiger charge is 2.14. The van der Waals surface area contributed by atoms with E-state index >= 15 is 0 Å². The molecule has 0 unspecified atom stereocenters. The van der Waals surface area contributed by atoms with Gasteiger partial charge < -0.3 is 9.84 Å². The van der Waals surface area contributed by atoms with Gasteiger partial charge >= 0.3 is 0 Å². The molecular weight excluding hydrogens is 178 g/mol. The number of phenols is 1. The molecule has 0 radical (unpaired) electrons. The van der Waals surface area contributed by atoms with Crippen LogP contribution in [0.2, 0.25) is 0 Å². The smallest absolute Gasteiger partial charge is 0.292 e. The number of phenolic OH excluding ortho intramolecular Hbond substituents is 1. The number of hydrogen-bond donors (Lipinski definition) is 1. The Morgan fingerprint density at radius 3 is 1.79 bits per heavy atom. The van der Waals surface area contributed by atoms with Crippen LogP contribution in [0.3, 0.4) is 0 Å². The molecule has 3 nitrogen and oxygen atoms in total. The number of rotatable bonds is 1. The van der Waals surface area contributed by atoms with E-state index in [1.165, 1.54) is 0 Å². The third kappa shape index (κ3) is 1.39. The van der Waals surface area contributed by atoms with Crippen LogP contribution in [0, 0.1) is 39.2 Å². The number of nitriles is 1. The molecule has 0 bridgehead atoms. The Morgan fingerprint density at radius 1 is 1.00 bits per heavy atom. The van der Waals surface area contributed by atoms with E-state index in [1.54, 1.807) is 20.1 Å². The van der Waals surface area contributed by atoms with Gasteiger partial charge in [-0.3, -0.25) is 0 Å². The van der Waals surface area contributed by atoms with Gasteiger partial charge in [0.25, 0.3) is 6.26 Å². The van der Waals surface area contributed by atoms with Crippen molar-refractivity contribution in [3.8, 4) is 17.8 Å². The molecule has 0 aliphatic rings. The summed E-state index contributed by atoms with van der Waals surface area (Å²) in [6.07, 6.45) is 1.66. The molecule has 0 aliphatic heterocycles. The summed E-state index contributed by atoms with van der Waals surface area (Å²) >= 11 is 0. The maximum atomic E-state index is 9.72. The first-order chi connectivity index (χ1) is 6.50. The molecule has 0 saturated carbocycles. The molecule has 0 spiro atoms. The second kappa shape index (κ2) is 3.59. The fourth-order valence-corrected chi connectivity index (χ4v) is 1.46. The van der Waals surface area contributed by atoms with E-state index in [0.717, 1.165) is 22.3 Å². The van der Waals surface area contributed by atoms with Crippen LogP contribution < -0.4 is 4.74 Å². The van der Waals surface area contributed by atoms with Gasteiger partial charge in [-0.05, 0) is 49.9 Å². The van der Waals surface area contributed by atoms with Gasteiger partial charge in [-0.2, -0.15) is 0 Å². The van der Waals surface area contributed by atoms with Crippen LogP contribution in [0.5, 0.6) is 11.5 Å². The van der Waals surface area contributed by atoms with E-state index in [4.69, 9.17) is 10.00 Å². The molecule has 1 rings (SSSR count). The fraction of sp³-hybridized carbons (Fsp3) is 0.364. The normalized spacial score (nSPS) is 9.64. The Balaban J connectivity index is 3.53. The second-order valence-corrected chi connectivity index (χ2v) is 3.37. The van der Waals surface area contributed by atoms with Crippen molar-refractivity contribution in [1.29, 1.82) is 5.26 Å². The lowest BCUT2D eigenvalue weighted by Gasteiger charge is -2.14. The monoisotopic (exact) mass is 191 g/mol. The molecule has 0 saturated heterocycles. The first kappa shape index (κ1) is 10.4. The van der Waals surface area contributed by atoms with Gasteiger partial charge in [-0.1, -0.05) is 0 Å². The average molecular weight is 191 g/mol. The summed E-state index contributed by atoms with van der Waals surface area (Å²) < 4.78 is 4.88. The summed E-state index contributed by atoms with van der Waals surface area (Å²) in [5, 5.41) is 18.2. The summed E-state index contributed by atoms with van der Waals surface area (Å²) in [5.41, 5.74) is 3.15. The Kier molecular flexibility index (Phi) is 2.66. The van der Waals surface area contributed by atoms with Crippen LogP contribution in [0.15, 0.2) is 0 Å². The van der Waals surface area contributed by atoms with Gasteiger partial charge in [0.2, 0.25) is 0 Å². The second-order valence-electron chi connectivity index (χ2n) is 3.37. The zero-order valence-electron chi connectivity index (χ0n) is 8.80. The summed E-state index contributed by atoms with van der Waals surface area (Å²) in [6, 6.07) is 0. The lowest BCUT2D eigenvalue weighted by Crippen LogP contribution is -1.96. The molecular formula is C11H13NO2. The highest BCUT2D eigenvalue weighted by Crippen LogP contribution is 2.36. The molecule has 1 aromatic carbocycles. The number of ether oxygens (including phenoxy) is 1. The molecule has 1 N–H and O–H groups in total. The van der Waals surface area contributed by atoms with E-state index in [1.807, 2.05) is 13.8 Å². The van der Waals surface area contributed by atoms with E-state index in [0.29, 0.717) is 5.75 Å². The van der Waals surface area contributed by atoms with E-state index in [2.05, 4.69) is 0 Å². The van der Waals surface area contributed by atoms with E-state index < -0.39 is 0 Å². The average Bonchev–Trinajstić information content (AvgIpc) is 2.19. The minimum Gasteiger partial charge on any atom is -0.507 e. The van der Waals surface area contributed by atoms with Crippen molar-refractivity contribution in [3.05, 3.63) is 22.3 Å². The maximum absolute atomic E-state index is 9.72. The van der Waals surface area contributed by atoms with Gasteiger partial charge in [0.15, 0.2) is 0 Å². The van der Waals surface area contributed by atoms with Crippen molar-refractivity contribution < 1.29 is 9.84 Å². The van der Waals surface area contributed by atoms with Gasteiger partial charge in [0.05, 0.1) is 0 Å². The van der Waals surface area contributed by atoms with Crippen LogP contribution in [0.4, 0.5) is 0 Å². The van der Waals surface area contributed by atoms with Crippen LogP contribution >= 0.6 is 0 Å². The van der Waals surface area contributed by atoms with Crippen molar-refractivity contribution in [2.75, 3.05) is 0 Å².